The van der Waals surface area contributed by atoms with Crippen LogP contribution in [0.4, 0.5) is 0 Å². The molecule has 0 saturated heterocycles. The van der Waals surface area contributed by atoms with Gasteiger partial charge in [0.1, 0.15) is 0 Å². The van der Waals surface area contributed by atoms with E-state index < -0.39 is 0 Å². The second-order valence-corrected chi connectivity index (χ2v) is 7.86. The predicted octanol–water partition coefficient (Wildman–Crippen LogP) is 5.61. The van der Waals surface area contributed by atoms with Gasteiger partial charge in [0.15, 0.2) is 0 Å². The minimum Gasteiger partial charge on any atom is -0.344 e. The average molecular weight is 404 g/mol. The van der Waals surface area contributed by atoms with Crippen LogP contribution in [0.3, 0.4) is 0 Å². The Morgan fingerprint density at radius 1 is 0.967 bits per heavy atom. The van der Waals surface area contributed by atoms with E-state index in [1.807, 2.05) is 48.5 Å². The first-order chi connectivity index (χ1) is 14.7. The number of aromatic nitrogens is 1. The van der Waals surface area contributed by atoms with Crippen molar-refractivity contribution in [3.05, 3.63) is 78.0 Å². The van der Waals surface area contributed by atoms with E-state index in [2.05, 4.69) is 41.2 Å². The molecule has 0 aliphatic rings. The summed E-state index contributed by atoms with van der Waals surface area (Å²) in [6, 6.07) is 19.8. The largest absolute Gasteiger partial charge is 0.344 e. The lowest BCUT2D eigenvalue weighted by Gasteiger charge is -2.28. The van der Waals surface area contributed by atoms with Gasteiger partial charge in [0.25, 0.3) is 5.91 Å². The number of hydrogen-bond donors (Lipinski definition) is 1. The summed E-state index contributed by atoms with van der Waals surface area (Å²) < 4.78 is 0. The van der Waals surface area contributed by atoms with Gasteiger partial charge < -0.3 is 10.2 Å². The number of carbonyl (C=O) groups excluding carboxylic acids is 1. The van der Waals surface area contributed by atoms with Gasteiger partial charge in [-0.25, -0.2) is 0 Å². The number of rotatable bonds is 11. The molecule has 4 heteroatoms. The van der Waals surface area contributed by atoms with Gasteiger partial charge in [0.2, 0.25) is 0 Å². The lowest BCUT2D eigenvalue weighted by molar-refractivity contribution is 0.0923. The molecule has 1 amide bonds. The SMILES string of the molecule is CCCCN(CCCC)CC(NC(=O)c1ccc2ncccc2c1)c1ccccc1. The molecule has 0 bridgehead atoms. The van der Waals surface area contributed by atoms with Crippen molar-refractivity contribution < 1.29 is 4.79 Å². The quantitative estimate of drug-likeness (QED) is 0.453. The van der Waals surface area contributed by atoms with Crippen molar-refractivity contribution in [2.45, 2.75) is 45.6 Å². The maximum Gasteiger partial charge on any atom is 0.251 e. The number of nitrogens with one attached hydrogen (secondary N) is 1. The smallest absolute Gasteiger partial charge is 0.251 e. The zero-order chi connectivity index (χ0) is 21.2. The topological polar surface area (TPSA) is 45.2 Å². The van der Waals surface area contributed by atoms with E-state index in [4.69, 9.17) is 0 Å². The molecule has 0 saturated carbocycles. The Bertz CT molecular complexity index is 918. The molecular weight excluding hydrogens is 370 g/mol. The molecule has 0 radical (unpaired) electrons. The van der Waals surface area contributed by atoms with E-state index in [0.717, 1.165) is 36.1 Å². The summed E-state index contributed by atoms with van der Waals surface area (Å²) in [6.45, 7) is 7.41. The fourth-order valence-electron chi connectivity index (χ4n) is 3.69. The number of unbranched alkanes of at least 4 members (excludes halogenated alkanes) is 2. The Labute approximate surface area is 180 Å². The second kappa shape index (κ2) is 11.5. The van der Waals surface area contributed by atoms with Crippen LogP contribution in [0.15, 0.2) is 66.9 Å². The van der Waals surface area contributed by atoms with Gasteiger partial charge in [-0.05, 0) is 55.8 Å². The molecule has 1 heterocycles. The highest BCUT2D eigenvalue weighted by atomic mass is 16.1. The Kier molecular flexibility index (Phi) is 8.40. The van der Waals surface area contributed by atoms with Gasteiger partial charge in [0, 0.05) is 23.7 Å². The van der Waals surface area contributed by atoms with E-state index in [0.29, 0.717) is 5.56 Å². The van der Waals surface area contributed by atoms with Crippen LogP contribution in [0.2, 0.25) is 0 Å². The normalized spacial score (nSPS) is 12.2. The van der Waals surface area contributed by atoms with E-state index >= 15 is 0 Å². The first-order valence-electron chi connectivity index (χ1n) is 11.1. The third-order valence-corrected chi connectivity index (χ3v) is 5.47. The maximum absolute atomic E-state index is 13.1. The van der Waals surface area contributed by atoms with E-state index in [9.17, 15) is 4.79 Å². The van der Waals surface area contributed by atoms with E-state index in [-0.39, 0.29) is 11.9 Å². The molecule has 2 aromatic carbocycles. The zero-order valence-electron chi connectivity index (χ0n) is 18.2. The van der Waals surface area contributed by atoms with Gasteiger partial charge in [0.05, 0.1) is 11.6 Å². The molecular formula is C26H33N3O. The highest BCUT2D eigenvalue weighted by molar-refractivity contribution is 5.98. The standard InChI is InChI=1S/C26H33N3O/c1-3-5-17-29(18-6-4-2)20-25(21-11-8-7-9-12-21)28-26(30)23-14-15-24-22(19-23)13-10-16-27-24/h7-16,19,25H,3-6,17-18,20H2,1-2H3,(H,28,30). The molecule has 1 atom stereocenters. The molecule has 0 fully saturated rings. The summed E-state index contributed by atoms with van der Waals surface area (Å²) in [4.78, 5) is 20.0. The average Bonchev–Trinajstić information content (AvgIpc) is 2.80. The highest BCUT2D eigenvalue weighted by Crippen LogP contribution is 2.18. The summed E-state index contributed by atoms with van der Waals surface area (Å²) in [5, 5.41) is 4.28. The monoisotopic (exact) mass is 403 g/mol. The van der Waals surface area contributed by atoms with Crippen LogP contribution in [0, 0.1) is 0 Å². The number of benzene rings is 2. The van der Waals surface area contributed by atoms with Crippen molar-refractivity contribution in [1.29, 1.82) is 0 Å². The van der Waals surface area contributed by atoms with Crippen LogP contribution >= 0.6 is 0 Å². The third kappa shape index (κ3) is 6.14. The van der Waals surface area contributed by atoms with Gasteiger partial charge in [-0.3, -0.25) is 9.78 Å². The second-order valence-electron chi connectivity index (χ2n) is 7.86. The summed E-state index contributed by atoms with van der Waals surface area (Å²) >= 11 is 0. The summed E-state index contributed by atoms with van der Waals surface area (Å²) in [6.07, 6.45) is 6.48. The summed E-state index contributed by atoms with van der Waals surface area (Å²) in [7, 11) is 0. The Morgan fingerprint density at radius 3 is 2.40 bits per heavy atom. The molecule has 158 valence electrons. The number of pyridine rings is 1. The number of fused-ring (bicyclic) bond motifs is 1. The molecule has 0 spiro atoms. The van der Waals surface area contributed by atoms with Crippen molar-refractivity contribution in [3.8, 4) is 0 Å². The fourth-order valence-corrected chi connectivity index (χ4v) is 3.69. The first-order valence-corrected chi connectivity index (χ1v) is 11.1. The molecule has 3 rings (SSSR count). The Balaban J connectivity index is 1.79. The van der Waals surface area contributed by atoms with Gasteiger partial charge in [-0.2, -0.15) is 0 Å². The molecule has 0 aliphatic carbocycles. The van der Waals surface area contributed by atoms with Crippen LogP contribution in [-0.2, 0) is 0 Å². The minimum atomic E-state index is -0.0444. The van der Waals surface area contributed by atoms with Crippen molar-refractivity contribution >= 4 is 16.8 Å². The van der Waals surface area contributed by atoms with Crippen LogP contribution in [0.5, 0.6) is 0 Å². The van der Waals surface area contributed by atoms with Gasteiger partial charge in [-0.1, -0.05) is 63.1 Å². The predicted molar refractivity (Wildman–Crippen MR) is 125 cm³/mol. The molecule has 1 aromatic heterocycles. The van der Waals surface area contributed by atoms with Crippen molar-refractivity contribution in [2.75, 3.05) is 19.6 Å². The maximum atomic E-state index is 13.1. The molecule has 30 heavy (non-hydrogen) atoms. The van der Waals surface area contributed by atoms with Crippen LogP contribution in [-0.4, -0.2) is 35.4 Å². The van der Waals surface area contributed by atoms with Gasteiger partial charge in [-0.15, -0.1) is 0 Å². The number of hydrogen-bond acceptors (Lipinski definition) is 3. The van der Waals surface area contributed by atoms with Crippen LogP contribution in [0.1, 0.15) is 61.5 Å². The van der Waals surface area contributed by atoms with Crippen molar-refractivity contribution in [2.24, 2.45) is 0 Å². The van der Waals surface area contributed by atoms with Crippen LogP contribution in [0.25, 0.3) is 10.9 Å². The highest BCUT2D eigenvalue weighted by Gasteiger charge is 2.19. The zero-order valence-corrected chi connectivity index (χ0v) is 18.2. The van der Waals surface area contributed by atoms with E-state index in [1.165, 1.54) is 25.7 Å². The Hall–Kier alpha value is -2.72. The number of carbonyl (C=O) groups is 1. The molecule has 3 aromatic rings. The van der Waals surface area contributed by atoms with Crippen molar-refractivity contribution in [3.63, 3.8) is 0 Å². The summed E-state index contributed by atoms with van der Waals surface area (Å²) in [5.41, 5.74) is 2.72. The first kappa shape index (κ1) is 22.0. The summed E-state index contributed by atoms with van der Waals surface area (Å²) in [5.74, 6) is -0.0412. The molecule has 0 aliphatic heterocycles. The van der Waals surface area contributed by atoms with Crippen LogP contribution < -0.4 is 5.32 Å². The molecule has 1 unspecified atom stereocenters. The lowest BCUT2D eigenvalue weighted by atomic mass is 10.0. The van der Waals surface area contributed by atoms with E-state index in [1.54, 1.807) is 6.20 Å². The fraction of sp³-hybridized carbons (Fsp3) is 0.385. The molecule has 1 N–H and O–H groups in total. The number of amides is 1. The Morgan fingerprint density at radius 2 is 1.70 bits per heavy atom. The molecule has 4 nitrogen and oxygen atoms in total. The third-order valence-electron chi connectivity index (χ3n) is 5.47. The van der Waals surface area contributed by atoms with Crippen molar-refractivity contribution in [1.82, 2.24) is 15.2 Å². The lowest BCUT2D eigenvalue weighted by Crippen LogP contribution is -2.39. The number of nitrogens with zero attached hydrogens (tertiary/aromatic N) is 2. The van der Waals surface area contributed by atoms with Gasteiger partial charge >= 0.3 is 0 Å². The minimum absolute atomic E-state index is 0.0412.